The molecular weight excluding hydrogens is 320 g/mol. The fourth-order valence-electron chi connectivity index (χ4n) is 3.76. The number of carbonyl (C=O) groups excluding carboxylic acids is 1. The van der Waals surface area contributed by atoms with E-state index >= 15 is 0 Å². The van der Waals surface area contributed by atoms with Gasteiger partial charge in [0.05, 0.1) is 6.04 Å². The summed E-state index contributed by atoms with van der Waals surface area (Å²) in [4.78, 5) is 14.7. The molecule has 1 atom stereocenters. The van der Waals surface area contributed by atoms with Crippen LogP contribution < -0.4 is 5.32 Å². The lowest BCUT2D eigenvalue weighted by Gasteiger charge is -2.32. The highest BCUT2D eigenvalue weighted by Crippen LogP contribution is 2.21. The standard InChI is InChI=1S/C23H30N2O/c1-19(22-10-6-3-7-11-22)24-23(26)14-17-25-15-12-21(13-16-25)18-20-8-4-2-5-9-20/h2-11,19,21H,12-18H2,1H3,(H,24,26). The van der Waals surface area contributed by atoms with E-state index in [1.54, 1.807) is 0 Å². The van der Waals surface area contributed by atoms with Gasteiger partial charge in [-0.15, -0.1) is 0 Å². The minimum Gasteiger partial charge on any atom is -0.350 e. The van der Waals surface area contributed by atoms with E-state index in [1.807, 2.05) is 25.1 Å². The summed E-state index contributed by atoms with van der Waals surface area (Å²) in [6.07, 6.45) is 4.23. The summed E-state index contributed by atoms with van der Waals surface area (Å²) in [7, 11) is 0. The van der Waals surface area contributed by atoms with Gasteiger partial charge in [0.2, 0.25) is 5.91 Å². The molecule has 1 heterocycles. The topological polar surface area (TPSA) is 32.3 Å². The Morgan fingerprint density at radius 2 is 1.65 bits per heavy atom. The van der Waals surface area contributed by atoms with Crippen molar-refractivity contribution in [3.8, 4) is 0 Å². The Morgan fingerprint density at radius 1 is 1.04 bits per heavy atom. The quantitative estimate of drug-likeness (QED) is 0.811. The van der Waals surface area contributed by atoms with E-state index in [9.17, 15) is 4.79 Å². The van der Waals surface area contributed by atoms with Gasteiger partial charge in [0, 0.05) is 13.0 Å². The molecule has 0 radical (unpaired) electrons. The van der Waals surface area contributed by atoms with Crippen molar-refractivity contribution in [1.82, 2.24) is 10.2 Å². The molecule has 26 heavy (non-hydrogen) atoms. The van der Waals surface area contributed by atoms with Crippen molar-refractivity contribution in [3.05, 3.63) is 71.8 Å². The summed E-state index contributed by atoms with van der Waals surface area (Å²) in [6.45, 7) is 5.13. The molecule has 1 unspecified atom stereocenters. The van der Waals surface area contributed by atoms with Gasteiger partial charge >= 0.3 is 0 Å². The number of carbonyl (C=O) groups is 1. The molecule has 0 spiro atoms. The Kier molecular flexibility index (Phi) is 6.84. The van der Waals surface area contributed by atoms with Crippen LogP contribution in [0.25, 0.3) is 0 Å². The minimum atomic E-state index is 0.0697. The van der Waals surface area contributed by atoms with Crippen LogP contribution in [0.3, 0.4) is 0 Å². The van der Waals surface area contributed by atoms with Gasteiger partial charge < -0.3 is 10.2 Å². The van der Waals surface area contributed by atoms with Crippen LogP contribution in [0.1, 0.15) is 43.4 Å². The van der Waals surface area contributed by atoms with E-state index in [1.165, 1.54) is 24.8 Å². The largest absolute Gasteiger partial charge is 0.350 e. The zero-order valence-corrected chi connectivity index (χ0v) is 15.7. The van der Waals surface area contributed by atoms with Gasteiger partial charge in [-0.05, 0) is 56.3 Å². The summed E-state index contributed by atoms with van der Waals surface area (Å²) in [5, 5.41) is 3.11. The van der Waals surface area contributed by atoms with Crippen LogP contribution in [0.5, 0.6) is 0 Å². The Bertz CT molecular complexity index is 663. The van der Waals surface area contributed by atoms with E-state index in [4.69, 9.17) is 0 Å². The van der Waals surface area contributed by atoms with Gasteiger partial charge in [-0.3, -0.25) is 4.79 Å². The van der Waals surface area contributed by atoms with Gasteiger partial charge in [0.15, 0.2) is 0 Å². The molecule has 0 bridgehead atoms. The third-order valence-electron chi connectivity index (χ3n) is 5.41. The number of likely N-dealkylation sites (tertiary alicyclic amines) is 1. The molecule has 2 aromatic rings. The molecule has 1 amide bonds. The molecule has 1 N–H and O–H groups in total. The van der Waals surface area contributed by atoms with Crippen LogP contribution in [-0.2, 0) is 11.2 Å². The summed E-state index contributed by atoms with van der Waals surface area (Å²) in [5.74, 6) is 0.924. The Labute approximate surface area is 157 Å². The normalized spacial score (nSPS) is 17.0. The lowest BCUT2D eigenvalue weighted by molar-refractivity contribution is -0.122. The number of nitrogens with zero attached hydrogens (tertiary/aromatic N) is 1. The molecule has 138 valence electrons. The number of nitrogens with one attached hydrogen (secondary N) is 1. The van der Waals surface area contributed by atoms with Gasteiger partial charge in [-0.25, -0.2) is 0 Å². The van der Waals surface area contributed by atoms with Crippen LogP contribution in [0, 0.1) is 5.92 Å². The Morgan fingerprint density at radius 3 is 2.31 bits per heavy atom. The molecule has 3 heteroatoms. The van der Waals surface area contributed by atoms with Crippen molar-refractivity contribution in [3.63, 3.8) is 0 Å². The highest BCUT2D eigenvalue weighted by atomic mass is 16.1. The molecule has 1 saturated heterocycles. The molecule has 2 aromatic carbocycles. The van der Waals surface area contributed by atoms with E-state index in [-0.39, 0.29) is 11.9 Å². The first-order valence-electron chi connectivity index (χ1n) is 9.81. The first-order chi connectivity index (χ1) is 12.7. The van der Waals surface area contributed by atoms with E-state index in [2.05, 4.69) is 52.7 Å². The van der Waals surface area contributed by atoms with Gasteiger partial charge in [-0.2, -0.15) is 0 Å². The predicted molar refractivity (Wildman–Crippen MR) is 107 cm³/mol. The summed E-state index contributed by atoms with van der Waals surface area (Å²) < 4.78 is 0. The second kappa shape index (κ2) is 9.54. The lowest BCUT2D eigenvalue weighted by Crippen LogP contribution is -2.37. The molecule has 0 aliphatic carbocycles. The van der Waals surface area contributed by atoms with Gasteiger partial charge in [-0.1, -0.05) is 60.7 Å². The van der Waals surface area contributed by atoms with Crippen molar-refractivity contribution in [2.45, 2.75) is 38.6 Å². The van der Waals surface area contributed by atoms with E-state index < -0.39 is 0 Å². The van der Waals surface area contributed by atoms with Crippen LogP contribution >= 0.6 is 0 Å². The maximum Gasteiger partial charge on any atom is 0.221 e. The van der Waals surface area contributed by atoms with Crippen molar-refractivity contribution in [2.24, 2.45) is 5.92 Å². The molecule has 3 nitrogen and oxygen atoms in total. The zero-order chi connectivity index (χ0) is 18.2. The Balaban J connectivity index is 1.35. The van der Waals surface area contributed by atoms with Crippen molar-refractivity contribution >= 4 is 5.91 Å². The maximum atomic E-state index is 12.2. The average molecular weight is 351 g/mol. The highest BCUT2D eigenvalue weighted by molar-refractivity contribution is 5.76. The molecule has 0 saturated carbocycles. The summed E-state index contributed by atoms with van der Waals surface area (Å²) in [6, 6.07) is 21.0. The van der Waals surface area contributed by atoms with Crippen LogP contribution in [0.15, 0.2) is 60.7 Å². The number of hydrogen-bond donors (Lipinski definition) is 1. The third kappa shape index (κ3) is 5.70. The summed E-state index contributed by atoms with van der Waals surface area (Å²) >= 11 is 0. The smallest absolute Gasteiger partial charge is 0.221 e. The van der Waals surface area contributed by atoms with E-state index in [0.29, 0.717) is 6.42 Å². The number of hydrogen-bond acceptors (Lipinski definition) is 2. The highest BCUT2D eigenvalue weighted by Gasteiger charge is 2.20. The second-order valence-electron chi connectivity index (χ2n) is 7.42. The van der Waals surface area contributed by atoms with Crippen molar-refractivity contribution in [1.29, 1.82) is 0 Å². The van der Waals surface area contributed by atoms with Crippen molar-refractivity contribution in [2.75, 3.05) is 19.6 Å². The minimum absolute atomic E-state index is 0.0697. The number of piperidine rings is 1. The van der Waals surface area contributed by atoms with Gasteiger partial charge in [0.25, 0.3) is 0 Å². The first-order valence-corrected chi connectivity index (χ1v) is 9.81. The number of rotatable bonds is 7. The number of benzene rings is 2. The zero-order valence-electron chi connectivity index (χ0n) is 15.7. The Hall–Kier alpha value is -2.13. The monoisotopic (exact) mass is 350 g/mol. The molecule has 3 rings (SSSR count). The van der Waals surface area contributed by atoms with Gasteiger partial charge in [0.1, 0.15) is 0 Å². The summed E-state index contributed by atoms with van der Waals surface area (Å²) in [5.41, 5.74) is 2.60. The second-order valence-corrected chi connectivity index (χ2v) is 7.42. The third-order valence-corrected chi connectivity index (χ3v) is 5.41. The SMILES string of the molecule is CC(NC(=O)CCN1CCC(Cc2ccccc2)CC1)c1ccccc1. The first kappa shape index (κ1) is 18.7. The van der Waals surface area contributed by atoms with Crippen LogP contribution in [0.2, 0.25) is 0 Å². The van der Waals surface area contributed by atoms with Crippen LogP contribution in [0.4, 0.5) is 0 Å². The molecule has 0 aromatic heterocycles. The predicted octanol–water partition coefficient (Wildman–Crippen LogP) is 4.21. The molecule has 1 aliphatic rings. The van der Waals surface area contributed by atoms with Crippen LogP contribution in [-0.4, -0.2) is 30.4 Å². The fraction of sp³-hybridized carbons (Fsp3) is 0.435. The molecule has 1 aliphatic heterocycles. The molecular formula is C23H30N2O. The fourth-order valence-corrected chi connectivity index (χ4v) is 3.76. The lowest BCUT2D eigenvalue weighted by atomic mass is 9.90. The van der Waals surface area contributed by atoms with Crippen molar-refractivity contribution < 1.29 is 4.79 Å². The van der Waals surface area contributed by atoms with E-state index in [0.717, 1.165) is 31.1 Å². The number of amides is 1. The molecule has 1 fully saturated rings. The maximum absolute atomic E-state index is 12.2. The average Bonchev–Trinajstić information content (AvgIpc) is 2.69.